The summed E-state index contributed by atoms with van der Waals surface area (Å²) in [7, 11) is 1.65. The van der Waals surface area contributed by atoms with Crippen LogP contribution < -0.4 is 9.47 Å². The summed E-state index contributed by atoms with van der Waals surface area (Å²) in [5.41, 5.74) is 4.17. The van der Waals surface area contributed by atoms with Crippen LogP contribution in [0.25, 0.3) is 11.0 Å². The maximum atomic E-state index is 5.86. The number of aromatic amines is 1. The van der Waals surface area contributed by atoms with Crippen LogP contribution in [0.15, 0.2) is 36.4 Å². The van der Waals surface area contributed by atoms with Gasteiger partial charge in [0.25, 0.3) is 0 Å². The maximum absolute atomic E-state index is 5.86. The number of imidazole rings is 1. The van der Waals surface area contributed by atoms with Gasteiger partial charge < -0.3 is 14.5 Å². The van der Waals surface area contributed by atoms with Gasteiger partial charge in [-0.25, -0.2) is 4.98 Å². The SMILES string of the molecule is COc1ccc2nc(COc3cc(C)ccc3C)[nH]c2c1. The van der Waals surface area contributed by atoms with Gasteiger partial charge in [0.2, 0.25) is 0 Å². The molecule has 0 amide bonds. The molecule has 0 atom stereocenters. The Bertz CT molecular complexity index is 778. The average molecular weight is 282 g/mol. The van der Waals surface area contributed by atoms with Crippen LogP contribution in [0.2, 0.25) is 0 Å². The molecule has 0 aliphatic heterocycles. The van der Waals surface area contributed by atoms with Gasteiger partial charge >= 0.3 is 0 Å². The normalized spacial score (nSPS) is 10.8. The van der Waals surface area contributed by atoms with E-state index in [1.54, 1.807) is 7.11 Å². The highest BCUT2D eigenvalue weighted by atomic mass is 16.5. The highest BCUT2D eigenvalue weighted by Crippen LogP contribution is 2.22. The lowest BCUT2D eigenvalue weighted by atomic mass is 10.1. The lowest BCUT2D eigenvalue weighted by Gasteiger charge is -2.08. The van der Waals surface area contributed by atoms with Gasteiger partial charge in [-0.2, -0.15) is 0 Å². The number of nitrogens with one attached hydrogen (secondary N) is 1. The molecule has 0 spiro atoms. The number of rotatable bonds is 4. The van der Waals surface area contributed by atoms with Crippen molar-refractivity contribution in [3.05, 3.63) is 53.3 Å². The smallest absolute Gasteiger partial charge is 0.146 e. The molecule has 21 heavy (non-hydrogen) atoms. The quantitative estimate of drug-likeness (QED) is 0.792. The van der Waals surface area contributed by atoms with Crippen LogP contribution in [-0.4, -0.2) is 17.1 Å². The van der Waals surface area contributed by atoms with Gasteiger partial charge in [-0.15, -0.1) is 0 Å². The predicted molar refractivity (Wildman–Crippen MR) is 82.9 cm³/mol. The monoisotopic (exact) mass is 282 g/mol. The van der Waals surface area contributed by atoms with Gasteiger partial charge in [0.1, 0.15) is 23.9 Å². The summed E-state index contributed by atoms with van der Waals surface area (Å²) < 4.78 is 11.1. The van der Waals surface area contributed by atoms with Crippen LogP contribution in [0.1, 0.15) is 17.0 Å². The van der Waals surface area contributed by atoms with E-state index in [1.165, 1.54) is 5.56 Å². The number of aryl methyl sites for hydroxylation is 2. The molecule has 0 aliphatic carbocycles. The molecule has 0 saturated carbocycles. The molecular weight excluding hydrogens is 264 g/mol. The Morgan fingerprint density at radius 1 is 1.10 bits per heavy atom. The van der Waals surface area contributed by atoms with Crippen molar-refractivity contribution < 1.29 is 9.47 Å². The fourth-order valence-electron chi connectivity index (χ4n) is 2.25. The van der Waals surface area contributed by atoms with E-state index in [-0.39, 0.29) is 0 Å². The third-order valence-electron chi connectivity index (χ3n) is 3.45. The standard InChI is InChI=1S/C17H18N2O2/c1-11-4-5-12(2)16(8-11)21-10-17-18-14-7-6-13(20-3)9-15(14)19-17/h4-9H,10H2,1-3H3,(H,18,19). The van der Waals surface area contributed by atoms with Gasteiger partial charge in [0.15, 0.2) is 0 Å². The predicted octanol–water partition coefficient (Wildman–Crippen LogP) is 3.77. The van der Waals surface area contributed by atoms with E-state index >= 15 is 0 Å². The third-order valence-corrected chi connectivity index (χ3v) is 3.45. The van der Waals surface area contributed by atoms with Crippen molar-refractivity contribution in [2.45, 2.75) is 20.5 Å². The summed E-state index contributed by atoms with van der Waals surface area (Å²) in [5, 5.41) is 0. The van der Waals surface area contributed by atoms with Gasteiger partial charge in [-0.3, -0.25) is 0 Å². The first-order chi connectivity index (χ1) is 10.2. The van der Waals surface area contributed by atoms with Crippen molar-refractivity contribution in [3.8, 4) is 11.5 Å². The van der Waals surface area contributed by atoms with Crippen molar-refractivity contribution >= 4 is 11.0 Å². The number of H-pyrrole nitrogens is 1. The van der Waals surface area contributed by atoms with E-state index in [9.17, 15) is 0 Å². The molecule has 3 rings (SSSR count). The Morgan fingerprint density at radius 2 is 1.95 bits per heavy atom. The first kappa shape index (κ1) is 13.5. The van der Waals surface area contributed by atoms with E-state index in [2.05, 4.69) is 29.0 Å². The van der Waals surface area contributed by atoms with Crippen LogP contribution in [0.4, 0.5) is 0 Å². The van der Waals surface area contributed by atoms with Gasteiger partial charge in [0, 0.05) is 6.07 Å². The highest BCUT2D eigenvalue weighted by molar-refractivity contribution is 5.76. The van der Waals surface area contributed by atoms with E-state index in [1.807, 2.05) is 31.2 Å². The molecule has 0 unspecified atom stereocenters. The van der Waals surface area contributed by atoms with Crippen LogP contribution in [0.5, 0.6) is 11.5 Å². The Labute approximate surface area is 123 Å². The van der Waals surface area contributed by atoms with Crippen molar-refractivity contribution in [1.82, 2.24) is 9.97 Å². The van der Waals surface area contributed by atoms with Crippen molar-refractivity contribution in [3.63, 3.8) is 0 Å². The maximum Gasteiger partial charge on any atom is 0.146 e. The summed E-state index contributed by atoms with van der Waals surface area (Å²) in [6.07, 6.45) is 0. The van der Waals surface area contributed by atoms with Gasteiger partial charge in [-0.1, -0.05) is 12.1 Å². The highest BCUT2D eigenvalue weighted by Gasteiger charge is 2.06. The Kier molecular flexibility index (Phi) is 3.52. The Balaban J connectivity index is 1.80. The molecule has 0 fully saturated rings. The number of aromatic nitrogens is 2. The van der Waals surface area contributed by atoms with E-state index in [0.717, 1.165) is 33.9 Å². The molecule has 1 aromatic heterocycles. The number of ether oxygens (including phenoxy) is 2. The van der Waals surface area contributed by atoms with E-state index in [4.69, 9.17) is 9.47 Å². The number of nitrogens with zero attached hydrogens (tertiary/aromatic N) is 1. The number of hydrogen-bond acceptors (Lipinski definition) is 3. The first-order valence-electron chi connectivity index (χ1n) is 6.88. The third kappa shape index (κ3) is 2.84. The second-order valence-electron chi connectivity index (χ2n) is 5.12. The molecule has 4 nitrogen and oxygen atoms in total. The summed E-state index contributed by atoms with van der Waals surface area (Å²) in [4.78, 5) is 7.78. The van der Waals surface area contributed by atoms with Gasteiger partial charge in [-0.05, 0) is 43.2 Å². The minimum atomic E-state index is 0.418. The molecule has 2 aromatic carbocycles. The van der Waals surface area contributed by atoms with Crippen molar-refractivity contribution in [2.24, 2.45) is 0 Å². The fourth-order valence-corrected chi connectivity index (χ4v) is 2.25. The van der Waals surface area contributed by atoms with Crippen molar-refractivity contribution in [1.29, 1.82) is 0 Å². The summed E-state index contributed by atoms with van der Waals surface area (Å²) in [6, 6.07) is 12.0. The van der Waals surface area contributed by atoms with Crippen LogP contribution in [-0.2, 0) is 6.61 Å². The largest absolute Gasteiger partial charge is 0.497 e. The molecule has 0 saturated heterocycles. The topological polar surface area (TPSA) is 47.1 Å². The Morgan fingerprint density at radius 3 is 2.76 bits per heavy atom. The molecule has 0 bridgehead atoms. The number of fused-ring (bicyclic) bond motifs is 1. The second-order valence-corrected chi connectivity index (χ2v) is 5.12. The van der Waals surface area contributed by atoms with E-state index < -0.39 is 0 Å². The zero-order valence-electron chi connectivity index (χ0n) is 12.4. The molecule has 1 N–H and O–H groups in total. The van der Waals surface area contributed by atoms with Crippen molar-refractivity contribution in [2.75, 3.05) is 7.11 Å². The first-order valence-corrected chi connectivity index (χ1v) is 6.88. The number of hydrogen-bond donors (Lipinski definition) is 1. The summed E-state index contributed by atoms with van der Waals surface area (Å²) in [6.45, 7) is 4.51. The molecule has 4 heteroatoms. The number of methoxy groups -OCH3 is 1. The summed E-state index contributed by atoms with van der Waals surface area (Å²) >= 11 is 0. The minimum Gasteiger partial charge on any atom is -0.497 e. The zero-order chi connectivity index (χ0) is 14.8. The Hall–Kier alpha value is -2.49. The van der Waals surface area contributed by atoms with Crippen LogP contribution >= 0.6 is 0 Å². The molecule has 0 radical (unpaired) electrons. The summed E-state index contributed by atoms with van der Waals surface area (Å²) in [5.74, 6) is 2.51. The van der Waals surface area contributed by atoms with Crippen LogP contribution in [0, 0.1) is 13.8 Å². The van der Waals surface area contributed by atoms with E-state index in [0.29, 0.717) is 6.61 Å². The molecule has 108 valence electrons. The molecule has 3 aromatic rings. The van der Waals surface area contributed by atoms with Gasteiger partial charge in [0.05, 0.1) is 18.1 Å². The molecular formula is C17H18N2O2. The lowest BCUT2D eigenvalue weighted by molar-refractivity contribution is 0.295. The second kappa shape index (κ2) is 5.48. The average Bonchev–Trinajstić information content (AvgIpc) is 2.89. The zero-order valence-corrected chi connectivity index (χ0v) is 12.4. The minimum absolute atomic E-state index is 0.418. The fraction of sp³-hybridized carbons (Fsp3) is 0.235. The lowest BCUT2D eigenvalue weighted by Crippen LogP contribution is -1.99. The molecule has 0 aliphatic rings. The number of benzene rings is 2. The molecule has 1 heterocycles. The van der Waals surface area contributed by atoms with Crippen LogP contribution in [0.3, 0.4) is 0 Å².